The van der Waals surface area contributed by atoms with Gasteiger partial charge in [-0.1, -0.05) is 19.1 Å². The van der Waals surface area contributed by atoms with Crippen molar-refractivity contribution >= 4 is 6.03 Å². The summed E-state index contributed by atoms with van der Waals surface area (Å²) in [5, 5.41) is 3.04. The van der Waals surface area contributed by atoms with Crippen LogP contribution in [0.1, 0.15) is 36.2 Å². The number of benzene rings is 1. The third-order valence-corrected chi connectivity index (χ3v) is 4.55. The monoisotopic (exact) mass is 328 g/mol. The van der Waals surface area contributed by atoms with Crippen LogP contribution in [0.4, 0.5) is 9.18 Å². The zero-order valence-electron chi connectivity index (χ0n) is 13.9. The number of rotatable bonds is 3. The first kappa shape index (κ1) is 16.4. The average Bonchev–Trinajstić information content (AvgIpc) is 2.58. The Labute approximate surface area is 140 Å². The third-order valence-electron chi connectivity index (χ3n) is 4.55. The van der Waals surface area contributed by atoms with E-state index in [9.17, 15) is 9.18 Å². The molecule has 0 saturated heterocycles. The Morgan fingerprint density at radius 3 is 3.00 bits per heavy atom. The molecular formula is C18H21FN4O. The second-order valence-corrected chi connectivity index (χ2v) is 6.30. The molecule has 1 aromatic heterocycles. The van der Waals surface area contributed by atoms with E-state index in [-0.39, 0.29) is 23.8 Å². The highest BCUT2D eigenvalue weighted by Gasteiger charge is 2.30. The highest BCUT2D eigenvalue weighted by atomic mass is 19.1. The first-order valence-corrected chi connectivity index (χ1v) is 8.10. The molecule has 126 valence electrons. The molecule has 1 N–H and O–H groups in total. The fourth-order valence-electron chi connectivity index (χ4n) is 3.17. The van der Waals surface area contributed by atoms with Crippen LogP contribution in [0, 0.1) is 11.7 Å². The first-order valence-electron chi connectivity index (χ1n) is 8.10. The standard InChI is InChI=1S/C18H21FN4O/c1-12-6-7-14-15(4-3-5-16(14)19)17(12)22-18(24)23(2)11-13-10-20-8-9-21-13/h3-5,8-10,12,17H,6-7,11H2,1-2H3,(H,22,24)/t12-,17-/m0/s1. The minimum atomic E-state index is -0.199. The molecule has 0 aliphatic heterocycles. The molecule has 1 aliphatic rings. The smallest absolute Gasteiger partial charge is 0.317 e. The molecule has 0 fully saturated rings. The zero-order chi connectivity index (χ0) is 17.1. The van der Waals surface area contributed by atoms with Crippen molar-refractivity contribution in [3.63, 3.8) is 0 Å². The second kappa shape index (κ2) is 6.95. The molecule has 2 amide bonds. The van der Waals surface area contributed by atoms with Crippen molar-refractivity contribution in [3.8, 4) is 0 Å². The van der Waals surface area contributed by atoms with Gasteiger partial charge in [-0.25, -0.2) is 9.18 Å². The van der Waals surface area contributed by atoms with Crippen molar-refractivity contribution < 1.29 is 9.18 Å². The van der Waals surface area contributed by atoms with E-state index in [1.165, 1.54) is 6.07 Å². The maximum absolute atomic E-state index is 14.0. The van der Waals surface area contributed by atoms with Crippen molar-refractivity contribution in [1.29, 1.82) is 0 Å². The van der Waals surface area contributed by atoms with Gasteiger partial charge < -0.3 is 10.2 Å². The molecule has 0 unspecified atom stereocenters. The van der Waals surface area contributed by atoms with Crippen molar-refractivity contribution in [1.82, 2.24) is 20.2 Å². The number of amides is 2. The van der Waals surface area contributed by atoms with Crippen LogP contribution in [-0.4, -0.2) is 27.9 Å². The quantitative estimate of drug-likeness (QED) is 0.942. The topological polar surface area (TPSA) is 58.1 Å². The minimum absolute atomic E-state index is 0.179. The molecule has 1 aromatic carbocycles. The van der Waals surface area contributed by atoms with E-state index in [0.717, 1.165) is 23.2 Å². The largest absolute Gasteiger partial charge is 0.331 e. The van der Waals surface area contributed by atoms with Gasteiger partial charge in [0.25, 0.3) is 0 Å². The van der Waals surface area contributed by atoms with Crippen LogP contribution in [0.15, 0.2) is 36.8 Å². The number of hydrogen-bond acceptors (Lipinski definition) is 3. The molecule has 24 heavy (non-hydrogen) atoms. The number of aromatic nitrogens is 2. The van der Waals surface area contributed by atoms with Gasteiger partial charge in [-0.15, -0.1) is 0 Å². The van der Waals surface area contributed by atoms with E-state index in [2.05, 4.69) is 22.2 Å². The normalized spacial score (nSPS) is 19.5. The van der Waals surface area contributed by atoms with Crippen LogP contribution in [0.5, 0.6) is 0 Å². The van der Waals surface area contributed by atoms with Crippen LogP contribution in [0.3, 0.4) is 0 Å². The number of halogens is 1. The highest BCUT2D eigenvalue weighted by molar-refractivity contribution is 5.74. The molecular weight excluding hydrogens is 307 g/mol. The van der Waals surface area contributed by atoms with Gasteiger partial charge in [0.1, 0.15) is 5.82 Å². The second-order valence-electron chi connectivity index (χ2n) is 6.30. The molecule has 1 heterocycles. The van der Waals surface area contributed by atoms with E-state index in [1.54, 1.807) is 36.6 Å². The number of carbonyl (C=O) groups excluding carboxylic acids is 1. The first-order chi connectivity index (χ1) is 11.6. The minimum Gasteiger partial charge on any atom is -0.331 e. The van der Waals surface area contributed by atoms with Crippen LogP contribution in [0.25, 0.3) is 0 Å². The summed E-state index contributed by atoms with van der Waals surface area (Å²) >= 11 is 0. The summed E-state index contributed by atoms with van der Waals surface area (Å²) in [5.41, 5.74) is 2.32. The maximum Gasteiger partial charge on any atom is 0.317 e. The fraction of sp³-hybridized carbons (Fsp3) is 0.389. The summed E-state index contributed by atoms with van der Waals surface area (Å²) in [5.74, 6) is 0.0692. The summed E-state index contributed by atoms with van der Waals surface area (Å²) in [7, 11) is 1.71. The lowest BCUT2D eigenvalue weighted by Crippen LogP contribution is -2.42. The van der Waals surface area contributed by atoms with Gasteiger partial charge in [-0.05, 0) is 36.0 Å². The Bertz CT molecular complexity index is 722. The third kappa shape index (κ3) is 3.37. The van der Waals surface area contributed by atoms with Crippen molar-refractivity contribution in [3.05, 3.63) is 59.4 Å². The van der Waals surface area contributed by atoms with Gasteiger partial charge >= 0.3 is 6.03 Å². The Kier molecular flexibility index (Phi) is 4.74. The lowest BCUT2D eigenvalue weighted by Gasteiger charge is -2.33. The summed E-state index contributed by atoms with van der Waals surface area (Å²) in [6.07, 6.45) is 6.40. The van der Waals surface area contributed by atoms with E-state index < -0.39 is 0 Å². The molecule has 0 radical (unpaired) electrons. The van der Waals surface area contributed by atoms with Crippen LogP contribution in [0.2, 0.25) is 0 Å². The van der Waals surface area contributed by atoms with Crippen LogP contribution in [-0.2, 0) is 13.0 Å². The predicted octanol–water partition coefficient (Wildman–Crippen LogP) is 3.08. The van der Waals surface area contributed by atoms with Crippen molar-refractivity contribution in [2.24, 2.45) is 5.92 Å². The summed E-state index contributed by atoms with van der Waals surface area (Å²) in [6.45, 7) is 2.46. The van der Waals surface area contributed by atoms with Gasteiger partial charge in [0.05, 0.1) is 24.5 Å². The highest BCUT2D eigenvalue weighted by Crippen LogP contribution is 2.35. The Morgan fingerprint density at radius 2 is 2.25 bits per heavy atom. The molecule has 5 nitrogen and oxygen atoms in total. The van der Waals surface area contributed by atoms with Gasteiger partial charge in [0, 0.05) is 19.4 Å². The SMILES string of the molecule is C[C@H]1CCc2c(F)cccc2[C@H]1NC(=O)N(C)Cc1cnccn1. The molecule has 3 rings (SSSR count). The maximum atomic E-state index is 14.0. The van der Waals surface area contributed by atoms with Gasteiger partial charge in [0.2, 0.25) is 0 Å². The number of carbonyl (C=O) groups is 1. The summed E-state index contributed by atoms with van der Waals surface area (Å²) in [4.78, 5) is 22.3. The lowest BCUT2D eigenvalue weighted by atomic mass is 9.80. The number of nitrogens with zero attached hydrogens (tertiary/aromatic N) is 3. The Balaban J connectivity index is 1.73. The number of urea groups is 1. The molecule has 2 aromatic rings. The number of fused-ring (bicyclic) bond motifs is 1. The van der Waals surface area contributed by atoms with Gasteiger partial charge in [-0.3, -0.25) is 9.97 Å². The van der Waals surface area contributed by atoms with Crippen molar-refractivity contribution in [2.75, 3.05) is 7.05 Å². The van der Waals surface area contributed by atoms with Crippen molar-refractivity contribution in [2.45, 2.75) is 32.4 Å². The number of hydrogen-bond donors (Lipinski definition) is 1. The molecule has 1 aliphatic carbocycles. The van der Waals surface area contributed by atoms with E-state index in [0.29, 0.717) is 13.0 Å². The Morgan fingerprint density at radius 1 is 1.42 bits per heavy atom. The van der Waals surface area contributed by atoms with Gasteiger partial charge in [-0.2, -0.15) is 0 Å². The molecule has 0 saturated carbocycles. The van der Waals surface area contributed by atoms with E-state index in [1.807, 2.05) is 6.07 Å². The zero-order valence-corrected chi connectivity index (χ0v) is 13.9. The van der Waals surface area contributed by atoms with Gasteiger partial charge in [0.15, 0.2) is 0 Å². The van der Waals surface area contributed by atoms with Crippen LogP contribution < -0.4 is 5.32 Å². The van der Waals surface area contributed by atoms with E-state index >= 15 is 0 Å². The summed E-state index contributed by atoms with van der Waals surface area (Å²) < 4.78 is 14.0. The molecule has 2 atom stereocenters. The fourth-order valence-corrected chi connectivity index (χ4v) is 3.17. The van der Waals surface area contributed by atoms with E-state index in [4.69, 9.17) is 0 Å². The molecule has 0 spiro atoms. The molecule has 0 bridgehead atoms. The van der Waals surface area contributed by atoms with Crippen LogP contribution >= 0.6 is 0 Å². The predicted molar refractivity (Wildman–Crippen MR) is 88.7 cm³/mol. The average molecular weight is 328 g/mol. The lowest BCUT2D eigenvalue weighted by molar-refractivity contribution is 0.195. The molecule has 6 heteroatoms. The Hall–Kier alpha value is -2.50. The summed E-state index contributed by atoms with van der Waals surface area (Å²) in [6, 6.07) is 4.71. The number of nitrogens with one attached hydrogen (secondary N) is 1.